The highest BCUT2D eigenvalue weighted by molar-refractivity contribution is 5.97. The molecule has 3 N–H and O–H groups in total. The molecule has 0 bridgehead atoms. The summed E-state index contributed by atoms with van der Waals surface area (Å²) in [6, 6.07) is 15.2. The van der Waals surface area contributed by atoms with E-state index in [1.54, 1.807) is 12.1 Å². The number of nitrogens with one attached hydrogen (secondary N) is 3. The van der Waals surface area contributed by atoms with Crippen molar-refractivity contribution < 1.29 is 9.59 Å². The summed E-state index contributed by atoms with van der Waals surface area (Å²) in [7, 11) is 1.53. The molecule has 0 unspecified atom stereocenters. The van der Waals surface area contributed by atoms with E-state index in [0.29, 0.717) is 11.5 Å². The molecule has 4 rings (SSSR count). The zero-order valence-electron chi connectivity index (χ0n) is 18.3. The minimum absolute atomic E-state index is 0.0600. The lowest BCUT2D eigenvalue weighted by Gasteiger charge is -2.13. The fraction of sp³-hybridized carbons (Fsp3) is 0.250. The summed E-state index contributed by atoms with van der Waals surface area (Å²) in [5.74, 6) is 0.671. The van der Waals surface area contributed by atoms with Crippen LogP contribution in [0.1, 0.15) is 24.2 Å². The molecule has 0 fully saturated rings. The van der Waals surface area contributed by atoms with E-state index in [0.717, 1.165) is 40.3 Å². The van der Waals surface area contributed by atoms with E-state index < -0.39 is 0 Å². The fourth-order valence-corrected chi connectivity index (χ4v) is 3.45. The van der Waals surface area contributed by atoms with Gasteiger partial charge in [-0.1, -0.05) is 38.1 Å². The number of benzene rings is 2. The summed E-state index contributed by atoms with van der Waals surface area (Å²) in [4.78, 5) is 33.1. The Kier molecular flexibility index (Phi) is 6.02. The second-order valence-electron chi connectivity index (χ2n) is 7.96. The summed E-state index contributed by atoms with van der Waals surface area (Å²) in [5.41, 5.74) is 4.90. The molecule has 0 radical (unpaired) electrons. The smallest absolute Gasteiger partial charge is 0.251 e. The molecule has 2 aromatic carbocycles. The molecule has 0 atom stereocenters. The van der Waals surface area contributed by atoms with Crippen molar-refractivity contribution in [1.82, 2.24) is 25.0 Å². The molecule has 8 heteroatoms. The third kappa shape index (κ3) is 4.25. The number of nitrogens with zero attached hydrogens (tertiary/aromatic N) is 3. The van der Waals surface area contributed by atoms with Gasteiger partial charge in [-0.05, 0) is 30.2 Å². The maximum absolute atomic E-state index is 12.3. The van der Waals surface area contributed by atoms with Crippen molar-refractivity contribution in [1.29, 1.82) is 0 Å². The molecule has 0 aliphatic rings. The Labute approximate surface area is 186 Å². The van der Waals surface area contributed by atoms with Gasteiger partial charge in [0.05, 0.1) is 29.5 Å². The topological polar surface area (TPSA) is 100 Å². The van der Waals surface area contributed by atoms with Crippen molar-refractivity contribution >= 4 is 34.3 Å². The first-order chi connectivity index (χ1) is 15.5. The van der Waals surface area contributed by atoms with Gasteiger partial charge in [-0.15, -0.1) is 0 Å². The predicted octanol–water partition coefficient (Wildman–Crippen LogP) is 3.09. The maximum Gasteiger partial charge on any atom is 0.251 e. The van der Waals surface area contributed by atoms with Crippen LogP contribution in [0.25, 0.3) is 27.9 Å². The van der Waals surface area contributed by atoms with E-state index >= 15 is 0 Å². The van der Waals surface area contributed by atoms with E-state index in [2.05, 4.69) is 39.2 Å². The lowest BCUT2D eigenvalue weighted by atomic mass is 10.1. The number of carbonyl (C=O) groups excluding carboxylic acids is 2. The molecule has 4 aromatic rings. The highest BCUT2D eigenvalue weighted by Gasteiger charge is 2.15. The molecule has 0 aliphatic carbocycles. The van der Waals surface area contributed by atoms with Gasteiger partial charge in [0.15, 0.2) is 11.5 Å². The molecule has 2 aromatic heterocycles. The third-order valence-electron chi connectivity index (χ3n) is 5.14. The van der Waals surface area contributed by atoms with E-state index in [4.69, 9.17) is 4.98 Å². The SMILES string of the molecule is CNC(=O)CNC(=O)c1ccc(-c2cnc3c(NCC(C)C)nc4ccccc4n23)cc1. The number of fused-ring (bicyclic) bond motifs is 3. The molecular formula is C24H26N6O2. The van der Waals surface area contributed by atoms with E-state index in [-0.39, 0.29) is 18.4 Å². The van der Waals surface area contributed by atoms with Gasteiger partial charge < -0.3 is 16.0 Å². The van der Waals surface area contributed by atoms with Crippen molar-refractivity contribution in [2.75, 3.05) is 25.5 Å². The Morgan fingerprint density at radius 2 is 1.81 bits per heavy atom. The Morgan fingerprint density at radius 1 is 1.06 bits per heavy atom. The van der Waals surface area contributed by atoms with Crippen molar-refractivity contribution in [3.63, 3.8) is 0 Å². The first-order valence-electron chi connectivity index (χ1n) is 10.6. The first-order valence-corrected chi connectivity index (χ1v) is 10.6. The van der Waals surface area contributed by atoms with Gasteiger partial charge in [-0.25, -0.2) is 9.97 Å². The highest BCUT2D eigenvalue weighted by Crippen LogP contribution is 2.28. The number of imidazole rings is 1. The lowest BCUT2D eigenvalue weighted by molar-refractivity contribution is -0.119. The van der Waals surface area contributed by atoms with Gasteiger partial charge >= 0.3 is 0 Å². The van der Waals surface area contributed by atoms with Gasteiger partial charge in [-0.3, -0.25) is 14.0 Å². The number of aromatic nitrogens is 3. The summed E-state index contributed by atoms with van der Waals surface area (Å²) < 4.78 is 2.09. The number of hydrogen-bond donors (Lipinski definition) is 3. The number of hydrogen-bond acceptors (Lipinski definition) is 5. The summed E-state index contributed by atoms with van der Waals surface area (Å²) in [6.07, 6.45) is 1.82. The second-order valence-corrected chi connectivity index (χ2v) is 7.96. The highest BCUT2D eigenvalue weighted by atomic mass is 16.2. The molecule has 2 heterocycles. The van der Waals surface area contributed by atoms with Crippen LogP contribution in [0.4, 0.5) is 5.82 Å². The second kappa shape index (κ2) is 9.05. The summed E-state index contributed by atoms with van der Waals surface area (Å²) in [5, 5.41) is 8.50. The minimum Gasteiger partial charge on any atom is -0.367 e. The Morgan fingerprint density at radius 3 is 2.53 bits per heavy atom. The molecule has 164 valence electrons. The van der Waals surface area contributed by atoms with Gasteiger partial charge in [-0.2, -0.15) is 0 Å². The predicted molar refractivity (Wildman–Crippen MR) is 126 cm³/mol. The van der Waals surface area contributed by atoms with Crippen LogP contribution in [0, 0.1) is 5.92 Å². The van der Waals surface area contributed by atoms with E-state index in [1.165, 1.54) is 7.05 Å². The van der Waals surface area contributed by atoms with Crippen molar-refractivity contribution in [2.24, 2.45) is 5.92 Å². The number of carbonyl (C=O) groups is 2. The quantitative estimate of drug-likeness (QED) is 0.418. The van der Waals surface area contributed by atoms with Crippen LogP contribution in [0.15, 0.2) is 54.7 Å². The number of anilines is 1. The Balaban J connectivity index is 1.72. The fourth-order valence-electron chi connectivity index (χ4n) is 3.45. The molecular weight excluding hydrogens is 404 g/mol. The molecule has 0 spiro atoms. The zero-order valence-corrected chi connectivity index (χ0v) is 18.3. The number of likely N-dealkylation sites (N-methyl/N-ethyl adjacent to an activating group) is 1. The van der Waals surface area contributed by atoms with Crippen LogP contribution in [0.5, 0.6) is 0 Å². The maximum atomic E-state index is 12.3. The summed E-state index contributed by atoms with van der Waals surface area (Å²) >= 11 is 0. The van der Waals surface area contributed by atoms with Crippen LogP contribution < -0.4 is 16.0 Å². The molecule has 8 nitrogen and oxygen atoms in total. The molecule has 0 aliphatic heterocycles. The molecule has 32 heavy (non-hydrogen) atoms. The Bertz CT molecular complexity index is 1280. The van der Waals surface area contributed by atoms with Crippen LogP contribution >= 0.6 is 0 Å². The van der Waals surface area contributed by atoms with E-state index in [1.807, 2.05) is 42.6 Å². The average Bonchev–Trinajstić information content (AvgIpc) is 3.26. The number of para-hydroxylation sites is 2. The average molecular weight is 431 g/mol. The van der Waals surface area contributed by atoms with Gasteiger partial charge in [0.1, 0.15) is 0 Å². The van der Waals surface area contributed by atoms with Crippen LogP contribution in [-0.2, 0) is 4.79 Å². The van der Waals surface area contributed by atoms with Gasteiger partial charge in [0.2, 0.25) is 5.91 Å². The third-order valence-corrected chi connectivity index (χ3v) is 5.14. The summed E-state index contributed by atoms with van der Waals surface area (Å²) in [6.45, 7) is 5.03. The zero-order chi connectivity index (χ0) is 22.7. The largest absolute Gasteiger partial charge is 0.367 e. The van der Waals surface area contributed by atoms with Crippen LogP contribution in [0.3, 0.4) is 0 Å². The first kappa shape index (κ1) is 21.3. The lowest BCUT2D eigenvalue weighted by Crippen LogP contribution is -2.35. The van der Waals surface area contributed by atoms with Crippen molar-refractivity contribution in [3.05, 3.63) is 60.3 Å². The van der Waals surface area contributed by atoms with Crippen molar-refractivity contribution in [2.45, 2.75) is 13.8 Å². The minimum atomic E-state index is -0.298. The molecule has 0 saturated carbocycles. The number of rotatable bonds is 7. The standard InChI is InChI=1S/C24H26N6O2/c1-15(2)12-26-22-23-27-13-20(30(23)19-7-5-4-6-18(19)29-22)16-8-10-17(11-9-16)24(32)28-14-21(31)25-3/h4-11,13,15H,12,14H2,1-3H3,(H,25,31)(H,26,29)(H,28,32). The van der Waals surface area contributed by atoms with E-state index in [9.17, 15) is 9.59 Å². The molecule has 2 amide bonds. The normalized spacial score (nSPS) is 11.1. The molecule has 0 saturated heterocycles. The monoisotopic (exact) mass is 430 g/mol. The number of amides is 2. The van der Waals surface area contributed by atoms with Crippen LogP contribution in [-0.4, -0.2) is 46.3 Å². The van der Waals surface area contributed by atoms with Gasteiger partial charge in [0.25, 0.3) is 5.91 Å². The van der Waals surface area contributed by atoms with Crippen LogP contribution in [0.2, 0.25) is 0 Å². The Hall–Kier alpha value is -3.94. The van der Waals surface area contributed by atoms with Crippen molar-refractivity contribution in [3.8, 4) is 11.3 Å². The van der Waals surface area contributed by atoms with Gasteiger partial charge in [0, 0.05) is 24.7 Å².